The van der Waals surface area contributed by atoms with Crippen molar-refractivity contribution in [3.8, 4) is 0 Å². The molecule has 0 saturated carbocycles. The van der Waals surface area contributed by atoms with E-state index in [1.807, 2.05) is 0 Å². The third-order valence-corrected chi connectivity index (χ3v) is 1.53. The first-order valence-corrected chi connectivity index (χ1v) is 3.36. The maximum atomic E-state index is 11.5. The number of sulfonamides is 1. The molecule has 0 aliphatic heterocycles. The Morgan fingerprint density at radius 2 is 1.25 bits per heavy atom. The zero-order valence-electron chi connectivity index (χ0n) is 5.56. The van der Waals surface area contributed by atoms with Gasteiger partial charge in [-0.3, -0.25) is 0 Å². The number of nitrogens with zero attached hydrogens (tertiary/aromatic N) is 1. The van der Waals surface area contributed by atoms with Crippen LogP contribution in [-0.4, -0.2) is 19.8 Å². The van der Waals surface area contributed by atoms with E-state index in [0.29, 0.717) is 0 Å². The van der Waals surface area contributed by atoms with Gasteiger partial charge in [-0.05, 0) is 0 Å². The van der Waals surface area contributed by atoms with Crippen molar-refractivity contribution in [2.45, 2.75) is 11.4 Å². The van der Waals surface area contributed by atoms with Crippen LogP contribution in [-0.2, 0) is 10.0 Å². The van der Waals surface area contributed by atoms with Crippen LogP contribution >= 0.6 is 0 Å². The Labute approximate surface area is 76.3 Å². The predicted molar refractivity (Wildman–Crippen MR) is 23.3 cm³/mol. The molecule has 0 spiro atoms. The molecule has 12 heavy (non-hydrogen) atoms. The molecule has 0 rings (SSSR count). The number of alkyl halides is 5. The van der Waals surface area contributed by atoms with Crippen LogP contribution in [0.15, 0.2) is 0 Å². The van der Waals surface area contributed by atoms with E-state index < -0.39 is 21.5 Å². The van der Waals surface area contributed by atoms with Crippen LogP contribution in [0.3, 0.4) is 0 Å². The van der Waals surface area contributed by atoms with E-state index in [-0.39, 0.29) is 18.9 Å². The summed E-state index contributed by atoms with van der Waals surface area (Å²) in [5.74, 6) is 0. The second-order valence-corrected chi connectivity index (χ2v) is 2.95. The minimum absolute atomic E-state index is 0. The maximum absolute atomic E-state index is 11.5. The molecule has 0 saturated heterocycles. The molecule has 0 heterocycles. The summed E-state index contributed by atoms with van der Waals surface area (Å²) in [5, 5.41) is 1.29. The summed E-state index contributed by atoms with van der Waals surface area (Å²) in [5.41, 5.74) is 0. The van der Waals surface area contributed by atoms with Gasteiger partial charge in [0.2, 0.25) is 0 Å². The average molecular weight is 204 g/mol. The molecule has 10 heteroatoms. The fourth-order valence-corrected chi connectivity index (χ4v) is 0.439. The molecule has 1 radical (unpaired) electrons. The SMILES string of the molecule is [Li+].[N-]S(=O)(=O)C(F)(F)C(F)(F)F. The Balaban J connectivity index is 0. The Morgan fingerprint density at radius 3 is 1.25 bits per heavy atom. The molecule has 0 aromatic carbocycles. The minimum atomic E-state index is -6.42. The molecule has 0 fully saturated rings. The molecule has 0 aromatic rings. The number of rotatable bonds is 1. The first kappa shape index (κ1) is 14.7. The molecule has 0 aliphatic rings. The van der Waals surface area contributed by atoms with Gasteiger partial charge in [-0.25, -0.2) is 8.42 Å². The van der Waals surface area contributed by atoms with Crippen molar-refractivity contribution < 1.29 is 49.2 Å². The summed E-state index contributed by atoms with van der Waals surface area (Å²) < 4.78 is 74.8. The topological polar surface area (TPSA) is 56.4 Å². The molecule has 3 nitrogen and oxygen atoms in total. The fourth-order valence-electron chi connectivity index (χ4n) is 0.146. The zero-order chi connectivity index (χ0) is 9.50. The second-order valence-electron chi connectivity index (χ2n) is 1.49. The monoisotopic (exact) mass is 204 g/mol. The van der Waals surface area contributed by atoms with Crippen molar-refractivity contribution in [2.24, 2.45) is 0 Å². The van der Waals surface area contributed by atoms with Crippen LogP contribution < -0.4 is 18.9 Å². The standard InChI is InChI=1S/C2F5NO2S.Li/c3-1(4,5)2(6,7)11(8,9)10;/q-1;+1. The Kier molecular flexibility index (Phi) is 4.27. The van der Waals surface area contributed by atoms with Gasteiger partial charge in [0.15, 0.2) is 0 Å². The van der Waals surface area contributed by atoms with Gasteiger partial charge in [0, 0.05) is 0 Å². The molecular formula is C2F5LiNO2S. The quantitative estimate of drug-likeness (QED) is 0.378. The smallest absolute Gasteiger partial charge is 0.677 e. The number of hydrogen-bond donors (Lipinski definition) is 0. The van der Waals surface area contributed by atoms with Crippen molar-refractivity contribution in [3.05, 3.63) is 5.14 Å². The van der Waals surface area contributed by atoms with Crippen LogP contribution in [0, 0.1) is 0 Å². The van der Waals surface area contributed by atoms with Crippen LogP contribution in [0.25, 0.3) is 5.14 Å². The molecule has 0 aromatic heterocycles. The molecule has 67 valence electrons. The third-order valence-electron chi connectivity index (χ3n) is 0.654. The van der Waals surface area contributed by atoms with E-state index in [1.54, 1.807) is 0 Å². The van der Waals surface area contributed by atoms with E-state index in [2.05, 4.69) is 0 Å². The normalized spacial score (nSPS) is 13.8. The van der Waals surface area contributed by atoms with Crippen molar-refractivity contribution in [1.29, 1.82) is 0 Å². The van der Waals surface area contributed by atoms with Gasteiger partial charge in [-0.1, -0.05) is 0 Å². The van der Waals surface area contributed by atoms with Crippen molar-refractivity contribution in [1.82, 2.24) is 0 Å². The third kappa shape index (κ3) is 2.58. The maximum Gasteiger partial charge on any atom is 1.00 e. The molecular weight excluding hydrogens is 204 g/mol. The number of halogens is 5. The van der Waals surface area contributed by atoms with Gasteiger partial charge in [-0.2, -0.15) is 22.0 Å². The average Bonchev–Trinajstić information content (AvgIpc) is 1.58. The van der Waals surface area contributed by atoms with Crippen LogP contribution in [0.4, 0.5) is 22.0 Å². The first-order chi connectivity index (χ1) is 4.50. The minimum Gasteiger partial charge on any atom is -0.677 e. The van der Waals surface area contributed by atoms with Crippen molar-refractivity contribution in [2.75, 3.05) is 0 Å². The van der Waals surface area contributed by atoms with E-state index in [4.69, 9.17) is 5.14 Å². The summed E-state index contributed by atoms with van der Waals surface area (Å²) >= 11 is 0. The van der Waals surface area contributed by atoms with E-state index in [1.165, 1.54) is 0 Å². The van der Waals surface area contributed by atoms with Crippen LogP contribution in [0.2, 0.25) is 0 Å². The number of hydrogen-bond acceptors (Lipinski definition) is 2. The van der Waals surface area contributed by atoms with Gasteiger partial charge in [0.1, 0.15) is 10.0 Å². The Bertz CT molecular complexity index is 245. The van der Waals surface area contributed by atoms with E-state index in [9.17, 15) is 30.4 Å². The summed E-state index contributed by atoms with van der Waals surface area (Å²) in [6, 6.07) is 0. The zero-order valence-corrected chi connectivity index (χ0v) is 6.38. The summed E-state index contributed by atoms with van der Waals surface area (Å²) in [6.45, 7) is 0. The molecule has 0 atom stereocenters. The largest absolute Gasteiger partial charge is 1.00 e. The molecule has 0 unspecified atom stereocenters. The van der Waals surface area contributed by atoms with Crippen molar-refractivity contribution >= 4 is 10.0 Å². The van der Waals surface area contributed by atoms with E-state index >= 15 is 0 Å². The Morgan fingerprint density at radius 1 is 1.00 bits per heavy atom. The predicted octanol–water partition coefficient (Wildman–Crippen LogP) is -1.69. The summed E-state index contributed by atoms with van der Waals surface area (Å²) in [7, 11) is -6.42. The van der Waals surface area contributed by atoms with Gasteiger partial charge < -0.3 is 5.14 Å². The van der Waals surface area contributed by atoms with Gasteiger partial charge in [0.25, 0.3) is 0 Å². The summed E-state index contributed by atoms with van der Waals surface area (Å²) in [4.78, 5) is 0. The van der Waals surface area contributed by atoms with Gasteiger partial charge in [-0.15, -0.1) is 0 Å². The molecule has 0 aliphatic carbocycles. The second kappa shape index (κ2) is 3.49. The Hall–Kier alpha value is 0.157. The van der Waals surface area contributed by atoms with Crippen LogP contribution in [0.1, 0.15) is 0 Å². The fraction of sp³-hybridized carbons (Fsp3) is 1.00. The summed E-state index contributed by atoms with van der Waals surface area (Å²) in [6.07, 6.45) is -6.29. The van der Waals surface area contributed by atoms with E-state index in [0.717, 1.165) is 0 Å². The van der Waals surface area contributed by atoms with Crippen LogP contribution in [0.5, 0.6) is 0 Å². The first-order valence-electron chi connectivity index (χ1n) is 1.91. The molecule has 0 N–H and O–H groups in total. The van der Waals surface area contributed by atoms with Crippen molar-refractivity contribution in [3.63, 3.8) is 0 Å². The van der Waals surface area contributed by atoms with Gasteiger partial charge >= 0.3 is 30.3 Å². The molecule has 0 bridgehead atoms. The van der Waals surface area contributed by atoms with Gasteiger partial charge in [0.05, 0.1) is 0 Å². The molecule has 0 amide bonds.